The van der Waals surface area contributed by atoms with Gasteiger partial charge in [0.1, 0.15) is 0 Å². The smallest absolute Gasteiger partial charge is 0.338 e. The standard InChI is InChI=1S/C19H22N4O5/c1-26-15-5-4-14(12-16(15)27-2)18(25)28-13-17(24)22-8-10-23(11-9-22)19-20-6-3-7-21-19/h3-7,12H,8-11,13H2,1-2H3. The molecule has 0 saturated carbocycles. The van der Waals surface area contributed by atoms with E-state index in [0.717, 1.165) is 0 Å². The van der Waals surface area contributed by atoms with Gasteiger partial charge < -0.3 is 24.0 Å². The van der Waals surface area contributed by atoms with Crippen molar-refractivity contribution in [2.75, 3.05) is 51.9 Å². The van der Waals surface area contributed by atoms with Gasteiger partial charge >= 0.3 is 5.97 Å². The minimum Gasteiger partial charge on any atom is -0.493 e. The molecule has 9 nitrogen and oxygen atoms in total. The van der Waals surface area contributed by atoms with Crippen molar-refractivity contribution in [1.29, 1.82) is 0 Å². The van der Waals surface area contributed by atoms with Gasteiger partial charge in [-0.2, -0.15) is 0 Å². The van der Waals surface area contributed by atoms with Gasteiger partial charge in [0.25, 0.3) is 5.91 Å². The molecule has 0 bridgehead atoms. The van der Waals surface area contributed by atoms with Gasteiger partial charge in [-0.1, -0.05) is 0 Å². The van der Waals surface area contributed by atoms with E-state index < -0.39 is 5.97 Å². The number of benzene rings is 1. The molecular formula is C19H22N4O5. The molecule has 3 rings (SSSR count). The maximum Gasteiger partial charge on any atom is 0.338 e. The van der Waals surface area contributed by atoms with E-state index in [0.29, 0.717) is 43.6 Å². The number of anilines is 1. The van der Waals surface area contributed by atoms with Crippen molar-refractivity contribution in [2.24, 2.45) is 0 Å². The molecule has 0 aliphatic carbocycles. The number of carbonyl (C=O) groups excluding carboxylic acids is 2. The molecule has 28 heavy (non-hydrogen) atoms. The molecule has 1 saturated heterocycles. The first-order valence-electron chi connectivity index (χ1n) is 8.81. The van der Waals surface area contributed by atoms with Crippen molar-refractivity contribution < 1.29 is 23.8 Å². The van der Waals surface area contributed by atoms with Crippen LogP contribution in [0.4, 0.5) is 5.95 Å². The molecule has 0 atom stereocenters. The van der Waals surface area contributed by atoms with Crippen LogP contribution in [0.15, 0.2) is 36.7 Å². The van der Waals surface area contributed by atoms with Gasteiger partial charge in [-0.05, 0) is 24.3 Å². The van der Waals surface area contributed by atoms with Crippen LogP contribution in [-0.4, -0.2) is 73.7 Å². The molecule has 1 aliphatic rings. The van der Waals surface area contributed by atoms with E-state index in [9.17, 15) is 9.59 Å². The van der Waals surface area contributed by atoms with E-state index in [-0.39, 0.29) is 18.1 Å². The second kappa shape index (κ2) is 9.03. The second-order valence-electron chi connectivity index (χ2n) is 6.06. The van der Waals surface area contributed by atoms with Gasteiger partial charge in [0.2, 0.25) is 5.95 Å². The van der Waals surface area contributed by atoms with Crippen molar-refractivity contribution in [3.05, 3.63) is 42.2 Å². The first-order chi connectivity index (χ1) is 13.6. The second-order valence-corrected chi connectivity index (χ2v) is 6.06. The highest BCUT2D eigenvalue weighted by Crippen LogP contribution is 2.27. The molecule has 2 heterocycles. The van der Waals surface area contributed by atoms with E-state index in [4.69, 9.17) is 14.2 Å². The number of rotatable bonds is 6. The summed E-state index contributed by atoms with van der Waals surface area (Å²) in [6.45, 7) is 1.98. The summed E-state index contributed by atoms with van der Waals surface area (Å²) < 4.78 is 15.5. The predicted octanol–water partition coefficient (Wildman–Crippen LogP) is 0.999. The molecule has 0 radical (unpaired) electrons. The molecule has 2 aromatic rings. The molecule has 9 heteroatoms. The molecule has 0 spiro atoms. The Balaban J connectivity index is 1.50. The van der Waals surface area contributed by atoms with Gasteiger partial charge in [0.05, 0.1) is 19.8 Å². The Morgan fingerprint density at radius 1 is 1.00 bits per heavy atom. The molecule has 1 amide bonds. The van der Waals surface area contributed by atoms with Crippen molar-refractivity contribution in [2.45, 2.75) is 0 Å². The summed E-state index contributed by atoms with van der Waals surface area (Å²) in [5, 5.41) is 0. The minimum absolute atomic E-state index is 0.234. The maximum absolute atomic E-state index is 12.4. The zero-order chi connectivity index (χ0) is 19.9. The average Bonchev–Trinajstić information content (AvgIpc) is 2.77. The number of methoxy groups -OCH3 is 2. The summed E-state index contributed by atoms with van der Waals surface area (Å²) in [5.41, 5.74) is 0.288. The fraction of sp³-hybridized carbons (Fsp3) is 0.368. The Labute approximate surface area is 162 Å². The summed E-state index contributed by atoms with van der Waals surface area (Å²) in [6, 6.07) is 6.45. The fourth-order valence-electron chi connectivity index (χ4n) is 2.88. The molecule has 0 N–H and O–H groups in total. The number of amides is 1. The Kier molecular flexibility index (Phi) is 6.25. The quantitative estimate of drug-likeness (QED) is 0.679. The summed E-state index contributed by atoms with van der Waals surface area (Å²) in [6.07, 6.45) is 3.38. The van der Waals surface area contributed by atoms with Crippen LogP contribution in [-0.2, 0) is 9.53 Å². The number of aromatic nitrogens is 2. The largest absolute Gasteiger partial charge is 0.493 e. The number of hydrogen-bond acceptors (Lipinski definition) is 8. The SMILES string of the molecule is COc1ccc(C(=O)OCC(=O)N2CCN(c3ncccn3)CC2)cc1OC. The third-order valence-corrected chi connectivity index (χ3v) is 4.41. The summed E-state index contributed by atoms with van der Waals surface area (Å²) in [4.78, 5) is 36.7. The monoisotopic (exact) mass is 386 g/mol. The van der Waals surface area contributed by atoms with E-state index in [1.165, 1.54) is 20.3 Å². The molecule has 1 aromatic carbocycles. The van der Waals surface area contributed by atoms with Crippen LogP contribution in [0.3, 0.4) is 0 Å². The number of nitrogens with zero attached hydrogens (tertiary/aromatic N) is 4. The average molecular weight is 386 g/mol. The van der Waals surface area contributed by atoms with Crippen LogP contribution >= 0.6 is 0 Å². The molecule has 148 valence electrons. The first kappa shape index (κ1) is 19.4. The van der Waals surface area contributed by atoms with Crippen LogP contribution in [0.5, 0.6) is 11.5 Å². The number of hydrogen-bond donors (Lipinski definition) is 0. The van der Waals surface area contributed by atoms with Crippen molar-refractivity contribution in [3.8, 4) is 11.5 Å². The molecule has 0 unspecified atom stereocenters. The van der Waals surface area contributed by atoms with Crippen LogP contribution in [0.2, 0.25) is 0 Å². The topological polar surface area (TPSA) is 94.1 Å². The van der Waals surface area contributed by atoms with Crippen LogP contribution in [0, 0.1) is 0 Å². The van der Waals surface area contributed by atoms with Gasteiger partial charge in [-0.25, -0.2) is 14.8 Å². The third kappa shape index (κ3) is 4.48. The lowest BCUT2D eigenvalue weighted by Gasteiger charge is -2.34. The van der Waals surface area contributed by atoms with Gasteiger partial charge in [0.15, 0.2) is 18.1 Å². The normalized spacial score (nSPS) is 13.8. The Morgan fingerprint density at radius 2 is 1.68 bits per heavy atom. The lowest BCUT2D eigenvalue weighted by atomic mass is 10.2. The molecule has 1 aromatic heterocycles. The maximum atomic E-state index is 12.4. The summed E-state index contributed by atoms with van der Waals surface area (Å²) >= 11 is 0. The zero-order valence-corrected chi connectivity index (χ0v) is 15.8. The number of carbonyl (C=O) groups is 2. The molecule has 1 fully saturated rings. The lowest BCUT2D eigenvalue weighted by Crippen LogP contribution is -2.50. The fourth-order valence-corrected chi connectivity index (χ4v) is 2.88. The lowest BCUT2D eigenvalue weighted by molar-refractivity contribution is -0.134. The van der Waals surface area contributed by atoms with Gasteiger partial charge in [0, 0.05) is 38.6 Å². The van der Waals surface area contributed by atoms with Gasteiger partial charge in [-0.3, -0.25) is 4.79 Å². The third-order valence-electron chi connectivity index (χ3n) is 4.41. The van der Waals surface area contributed by atoms with Crippen LogP contribution < -0.4 is 14.4 Å². The van der Waals surface area contributed by atoms with Crippen LogP contribution in [0.25, 0.3) is 0 Å². The molecular weight excluding hydrogens is 364 g/mol. The Bertz CT molecular complexity index is 822. The van der Waals surface area contributed by atoms with Crippen LogP contribution in [0.1, 0.15) is 10.4 Å². The predicted molar refractivity (Wildman–Crippen MR) is 101 cm³/mol. The van der Waals surface area contributed by atoms with Gasteiger partial charge in [-0.15, -0.1) is 0 Å². The number of esters is 1. The number of piperazine rings is 1. The highest BCUT2D eigenvalue weighted by Gasteiger charge is 2.23. The van der Waals surface area contributed by atoms with Crippen molar-refractivity contribution >= 4 is 17.8 Å². The van der Waals surface area contributed by atoms with E-state index >= 15 is 0 Å². The summed E-state index contributed by atoms with van der Waals surface area (Å²) in [7, 11) is 2.99. The molecule has 1 aliphatic heterocycles. The van der Waals surface area contributed by atoms with E-state index in [1.54, 1.807) is 35.5 Å². The summed E-state index contributed by atoms with van der Waals surface area (Å²) in [5.74, 6) is 0.750. The first-order valence-corrected chi connectivity index (χ1v) is 8.81. The zero-order valence-electron chi connectivity index (χ0n) is 15.8. The van der Waals surface area contributed by atoms with E-state index in [1.807, 2.05) is 4.90 Å². The highest BCUT2D eigenvalue weighted by atomic mass is 16.5. The van der Waals surface area contributed by atoms with Crippen molar-refractivity contribution in [1.82, 2.24) is 14.9 Å². The Hall–Kier alpha value is -3.36. The Morgan fingerprint density at radius 3 is 2.32 bits per heavy atom. The number of ether oxygens (including phenoxy) is 3. The van der Waals surface area contributed by atoms with E-state index in [2.05, 4.69) is 9.97 Å². The highest BCUT2D eigenvalue weighted by molar-refractivity contribution is 5.92. The van der Waals surface area contributed by atoms with Crippen molar-refractivity contribution in [3.63, 3.8) is 0 Å². The minimum atomic E-state index is -0.592.